The van der Waals surface area contributed by atoms with Crippen molar-refractivity contribution in [2.24, 2.45) is 0 Å². The average molecular weight is 314 g/mol. The van der Waals surface area contributed by atoms with Crippen LogP contribution in [0.15, 0.2) is 17.1 Å². The summed E-state index contributed by atoms with van der Waals surface area (Å²) < 4.78 is 0. The normalized spacial score (nSPS) is 20.0. The molecule has 0 atom stereocenters. The van der Waals surface area contributed by atoms with E-state index in [1.54, 1.807) is 11.3 Å². The zero-order chi connectivity index (χ0) is 14.8. The fourth-order valence-electron chi connectivity index (χ4n) is 3.63. The van der Waals surface area contributed by atoms with E-state index in [0.717, 1.165) is 31.9 Å². The smallest absolute Gasteiger partial charge is 0.131 e. The molecule has 0 saturated heterocycles. The minimum absolute atomic E-state index is 0.604. The highest BCUT2D eigenvalue weighted by Gasteiger charge is 2.22. The Labute approximate surface area is 135 Å². The molecule has 1 aliphatic heterocycles. The van der Waals surface area contributed by atoms with Crippen molar-refractivity contribution in [2.75, 3.05) is 6.54 Å². The molecule has 22 heavy (non-hydrogen) atoms. The first-order chi connectivity index (χ1) is 10.9. The minimum Gasteiger partial charge on any atom is -0.293 e. The quantitative estimate of drug-likeness (QED) is 0.869. The fourth-order valence-corrected chi connectivity index (χ4v) is 4.18. The standard InChI is InChI=1S/C17H22N4S/c1-2-4-13(5-3-1)17-18-8-14-9-21(7-6-16(14)20-17)10-15-11-22-12-19-15/h8,11-13H,1-7,9-10H2. The molecule has 116 valence electrons. The largest absolute Gasteiger partial charge is 0.293 e. The van der Waals surface area contributed by atoms with Crippen molar-refractivity contribution >= 4 is 11.3 Å². The van der Waals surface area contributed by atoms with E-state index < -0.39 is 0 Å². The lowest BCUT2D eigenvalue weighted by Crippen LogP contribution is -2.31. The summed E-state index contributed by atoms with van der Waals surface area (Å²) >= 11 is 1.67. The van der Waals surface area contributed by atoms with Gasteiger partial charge in [-0.25, -0.2) is 15.0 Å². The van der Waals surface area contributed by atoms with E-state index in [4.69, 9.17) is 9.97 Å². The van der Waals surface area contributed by atoms with Gasteiger partial charge < -0.3 is 0 Å². The minimum atomic E-state index is 0.604. The van der Waals surface area contributed by atoms with Crippen LogP contribution < -0.4 is 0 Å². The monoisotopic (exact) mass is 314 g/mol. The average Bonchev–Trinajstić information content (AvgIpc) is 3.08. The summed E-state index contributed by atoms with van der Waals surface area (Å²) in [5, 5.41) is 2.14. The number of fused-ring (bicyclic) bond motifs is 1. The van der Waals surface area contributed by atoms with Crippen LogP contribution in [0, 0.1) is 0 Å². The van der Waals surface area contributed by atoms with Gasteiger partial charge in [0.2, 0.25) is 0 Å². The Bertz CT molecular complexity index is 620. The van der Waals surface area contributed by atoms with Gasteiger partial charge >= 0.3 is 0 Å². The maximum atomic E-state index is 4.92. The van der Waals surface area contributed by atoms with Gasteiger partial charge in [-0.05, 0) is 12.8 Å². The van der Waals surface area contributed by atoms with Crippen molar-refractivity contribution in [2.45, 2.75) is 57.5 Å². The number of nitrogens with zero attached hydrogens (tertiary/aromatic N) is 4. The molecule has 4 rings (SSSR count). The van der Waals surface area contributed by atoms with E-state index in [1.807, 2.05) is 5.51 Å². The molecule has 2 aromatic rings. The van der Waals surface area contributed by atoms with Crippen LogP contribution in [0.3, 0.4) is 0 Å². The van der Waals surface area contributed by atoms with E-state index in [1.165, 1.54) is 49.1 Å². The van der Waals surface area contributed by atoms with Crippen LogP contribution in [0.5, 0.6) is 0 Å². The van der Waals surface area contributed by atoms with E-state index in [0.29, 0.717) is 5.92 Å². The second-order valence-electron chi connectivity index (χ2n) is 6.48. The van der Waals surface area contributed by atoms with E-state index in [2.05, 4.69) is 21.5 Å². The van der Waals surface area contributed by atoms with Gasteiger partial charge in [0.25, 0.3) is 0 Å². The van der Waals surface area contributed by atoms with Crippen molar-refractivity contribution < 1.29 is 0 Å². The first-order valence-corrected chi connectivity index (χ1v) is 9.27. The molecular formula is C17H22N4S. The highest BCUT2D eigenvalue weighted by atomic mass is 32.1. The Hall–Kier alpha value is -1.33. The molecule has 0 spiro atoms. The molecule has 0 aromatic carbocycles. The van der Waals surface area contributed by atoms with Crippen molar-refractivity contribution in [1.82, 2.24) is 19.9 Å². The maximum absolute atomic E-state index is 4.92. The molecular weight excluding hydrogens is 292 g/mol. The molecule has 0 amide bonds. The zero-order valence-electron chi connectivity index (χ0n) is 12.9. The van der Waals surface area contributed by atoms with Crippen molar-refractivity contribution in [1.29, 1.82) is 0 Å². The molecule has 2 aromatic heterocycles. The number of aromatic nitrogens is 3. The number of thiazole rings is 1. The lowest BCUT2D eigenvalue weighted by Gasteiger charge is -2.28. The second-order valence-corrected chi connectivity index (χ2v) is 7.19. The molecule has 0 bridgehead atoms. The summed E-state index contributed by atoms with van der Waals surface area (Å²) in [5.41, 5.74) is 5.67. The molecule has 0 unspecified atom stereocenters. The maximum Gasteiger partial charge on any atom is 0.131 e. The van der Waals surface area contributed by atoms with Crippen LogP contribution in [0.25, 0.3) is 0 Å². The first kappa shape index (κ1) is 14.3. The van der Waals surface area contributed by atoms with Crippen LogP contribution in [0.2, 0.25) is 0 Å². The summed E-state index contributed by atoms with van der Waals surface area (Å²) in [6, 6.07) is 0. The molecule has 3 heterocycles. The lowest BCUT2D eigenvalue weighted by atomic mass is 9.88. The van der Waals surface area contributed by atoms with Crippen LogP contribution in [-0.2, 0) is 19.5 Å². The third-order valence-corrected chi connectivity index (χ3v) is 5.51. The molecule has 1 saturated carbocycles. The molecule has 0 N–H and O–H groups in total. The van der Waals surface area contributed by atoms with Gasteiger partial charge in [-0.1, -0.05) is 19.3 Å². The van der Waals surface area contributed by atoms with Crippen LogP contribution in [-0.4, -0.2) is 26.4 Å². The van der Waals surface area contributed by atoms with Crippen LogP contribution in [0.4, 0.5) is 0 Å². The Kier molecular flexibility index (Phi) is 4.17. The van der Waals surface area contributed by atoms with E-state index in [-0.39, 0.29) is 0 Å². The van der Waals surface area contributed by atoms with Crippen molar-refractivity contribution in [3.05, 3.63) is 39.9 Å². The van der Waals surface area contributed by atoms with Gasteiger partial charge in [-0.3, -0.25) is 4.90 Å². The number of rotatable bonds is 3. The van der Waals surface area contributed by atoms with Gasteiger partial charge in [0.15, 0.2) is 0 Å². The zero-order valence-corrected chi connectivity index (χ0v) is 13.7. The lowest BCUT2D eigenvalue weighted by molar-refractivity contribution is 0.240. The van der Waals surface area contributed by atoms with Gasteiger partial charge in [0.1, 0.15) is 5.82 Å². The van der Waals surface area contributed by atoms with Gasteiger partial charge in [-0.15, -0.1) is 11.3 Å². The Morgan fingerprint density at radius 3 is 2.91 bits per heavy atom. The first-order valence-electron chi connectivity index (χ1n) is 8.32. The Morgan fingerprint density at radius 1 is 1.18 bits per heavy atom. The summed E-state index contributed by atoms with van der Waals surface area (Å²) in [5.74, 6) is 1.71. The van der Waals surface area contributed by atoms with Gasteiger partial charge in [0.05, 0.1) is 11.2 Å². The van der Waals surface area contributed by atoms with Crippen molar-refractivity contribution in [3.63, 3.8) is 0 Å². The molecule has 2 aliphatic rings. The highest BCUT2D eigenvalue weighted by molar-refractivity contribution is 7.07. The fraction of sp³-hybridized carbons (Fsp3) is 0.588. The summed E-state index contributed by atoms with van der Waals surface area (Å²) in [7, 11) is 0. The Balaban J connectivity index is 1.46. The molecule has 4 nitrogen and oxygen atoms in total. The predicted molar refractivity (Wildman–Crippen MR) is 87.8 cm³/mol. The summed E-state index contributed by atoms with van der Waals surface area (Å²) in [6.45, 7) is 2.97. The molecule has 1 aliphatic carbocycles. The van der Waals surface area contributed by atoms with Crippen LogP contribution >= 0.6 is 11.3 Å². The SMILES string of the molecule is c1nc(CN2CCc3nc(C4CCCCC4)ncc3C2)cs1. The predicted octanol–water partition coefficient (Wildman–Crippen LogP) is 3.54. The molecule has 1 fully saturated rings. The topological polar surface area (TPSA) is 41.9 Å². The van der Waals surface area contributed by atoms with E-state index >= 15 is 0 Å². The van der Waals surface area contributed by atoms with Gasteiger partial charge in [0, 0.05) is 54.8 Å². The third-order valence-electron chi connectivity index (χ3n) is 4.87. The Morgan fingerprint density at radius 2 is 2.09 bits per heavy atom. The van der Waals surface area contributed by atoms with Crippen molar-refractivity contribution in [3.8, 4) is 0 Å². The number of hydrogen-bond acceptors (Lipinski definition) is 5. The summed E-state index contributed by atoms with van der Waals surface area (Å²) in [6.07, 6.45) is 9.73. The van der Waals surface area contributed by atoms with Crippen LogP contribution in [0.1, 0.15) is 60.8 Å². The molecule has 0 radical (unpaired) electrons. The summed E-state index contributed by atoms with van der Waals surface area (Å²) in [4.78, 5) is 16.4. The highest BCUT2D eigenvalue weighted by Crippen LogP contribution is 2.31. The molecule has 5 heteroatoms. The van der Waals surface area contributed by atoms with E-state index in [9.17, 15) is 0 Å². The second kappa shape index (κ2) is 6.42. The van der Waals surface area contributed by atoms with Gasteiger partial charge in [-0.2, -0.15) is 0 Å². The number of hydrogen-bond donors (Lipinski definition) is 0. The third kappa shape index (κ3) is 3.06.